The van der Waals surface area contributed by atoms with Gasteiger partial charge in [-0.2, -0.15) is 5.26 Å². The minimum atomic E-state index is 0.620. The van der Waals surface area contributed by atoms with Gasteiger partial charge in [-0.1, -0.05) is 64.4 Å². The second-order valence-corrected chi connectivity index (χ2v) is 10.5. The standard InChI is InChI=1S/C28H36N4OS2.C2H6/c1-5-7-9-11-23-20(3)31-27-26(24(23)16-18-34-17-10-8-6-2)25(19-29)28(35-27)32(30)21-12-14-22(33-4)15-13-21;1-2/h10,12-15,17H,5-9,11,16,18,30H2,1-4H3;1-2H3/b17-10-;. The van der Waals surface area contributed by atoms with Crippen LogP contribution in [-0.4, -0.2) is 17.8 Å². The summed E-state index contributed by atoms with van der Waals surface area (Å²) in [5.74, 6) is 8.29. The molecule has 200 valence electrons. The number of anilines is 2. The summed E-state index contributed by atoms with van der Waals surface area (Å²) >= 11 is 3.33. The van der Waals surface area contributed by atoms with Gasteiger partial charge in [0.05, 0.1) is 18.4 Å². The van der Waals surface area contributed by atoms with E-state index in [2.05, 4.69) is 38.3 Å². The van der Waals surface area contributed by atoms with Crippen molar-refractivity contribution in [2.75, 3.05) is 17.9 Å². The van der Waals surface area contributed by atoms with Crippen LogP contribution in [0.3, 0.4) is 0 Å². The normalized spacial score (nSPS) is 10.9. The van der Waals surface area contributed by atoms with Crippen LogP contribution in [0.5, 0.6) is 5.75 Å². The molecule has 2 N–H and O–H groups in total. The molecule has 0 saturated carbocycles. The van der Waals surface area contributed by atoms with Crippen LogP contribution >= 0.6 is 23.1 Å². The number of hydrazine groups is 1. The lowest BCUT2D eigenvalue weighted by atomic mass is 9.95. The number of unbranched alkanes of at least 4 members (excludes halogenated alkanes) is 3. The van der Waals surface area contributed by atoms with E-state index in [1.165, 1.54) is 35.3 Å². The molecule has 3 rings (SSSR count). The average molecular weight is 539 g/mol. The number of thioether (sulfide) groups is 1. The van der Waals surface area contributed by atoms with E-state index in [0.29, 0.717) is 5.56 Å². The summed E-state index contributed by atoms with van der Waals surface area (Å²) in [7, 11) is 1.64. The fourth-order valence-electron chi connectivity index (χ4n) is 4.18. The molecule has 3 aromatic rings. The molecule has 0 bridgehead atoms. The molecule has 5 nitrogen and oxygen atoms in total. The monoisotopic (exact) mass is 538 g/mol. The summed E-state index contributed by atoms with van der Waals surface area (Å²) in [6.45, 7) is 10.5. The van der Waals surface area contributed by atoms with E-state index in [1.54, 1.807) is 12.1 Å². The smallest absolute Gasteiger partial charge is 0.131 e. The Morgan fingerprint density at radius 1 is 1.11 bits per heavy atom. The molecule has 0 aliphatic heterocycles. The van der Waals surface area contributed by atoms with E-state index in [1.807, 2.05) is 49.9 Å². The first-order chi connectivity index (χ1) is 18.0. The number of ether oxygens (including phenoxy) is 1. The minimum Gasteiger partial charge on any atom is -0.497 e. The lowest BCUT2D eigenvalue weighted by Gasteiger charge is -2.17. The van der Waals surface area contributed by atoms with E-state index >= 15 is 0 Å². The molecule has 0 saturated heterocycles. The van der Waals surface area contributed by atoms with Gasteiger partial charge in [-0.05, 0) is 73.4 Å². The van der Waals surface area contributed by atoms with Crippen LogP contribution < -0.4 is 15.6 Å². The third-order valence-electron chi connectivity index (χ3n) is 6.07. The largest absolute Gasteiger partial charge is 0.497 e. The molecule has 7 heteroatoms. The summed E-state index contributed by atoms with van der Waals surface area (Å²) in [5.41, 5.74) is 5.06. The maximum Gasteiger partial charge on any atom is 0.131 e. The van der Waals surface area contributed by atoms with Crippen LogP contribution in [0.25, 0.3) is 10.2 Å². The summed E-state index contributed by atoms with van der Waals surface area (Å²) in [4.78, 5) is 5.85. The van der Waals surface area contributed by atoms with Crippen molar-refractivity contribution in [3.8, 4) is 11.8 Å². The SMILES string of the molecule is CC.CCC/C=C\SCCc1c(CCCCC)c(C)nc2sc(N(N)c3ccc(OC)cc3)c(C#N)c12. The zero-order valence-corrected chi connectivity index (χ0v) is 24.9. The number of hydrogen-bond acceptors (Lipinski definition) is 7. The van der Waals surface area contributed by atoms with Crippen molar-refractivity contribution in [3.05, 3.63) is 58.1 Å². The molecule has 0 spiro atoms. The van der Waals surface area contributed by atoms with E-state index < -0.39 is 0 Å². The number of pyridine rings is 1. The third kappa shape index (κ3) is 7.98. The second-order valence-electron chi connectivity index (χ2n) is 8.53. The lowest BCUT2D eigenvalue weighted by Crippen LogP contribution is -2.24. The van der Waals surface area contributed by atoms with Gasteiger partial charge in [0.25, 0.3) is 0 Å². The predicted octanol–water partition coefficient (Wildman–Crippen LogP) is 8.85. The van der Waals surface area contributed by atoms with Crippen LogP contribution in [0, 0.1) is 18.3 Å². The molecule has 0 atom stereocenters. The number of thiophene rings is 1. The van der Waals surface area contributed by atoms with E-state index in [0.717, 1.165) is 70.2 Å². The van der Waals surface area contributed by atoms with Crippen molar-refractivity contribution in [1.29, 1.82) is 5.26 Å². The van der Waals surface area contributed by atoms with E-state index in [-0.39, 0.29) is 0 Å². The number of methoxy groups -OCH3 is 1. The summed E-state index contributed by atoms with van der Waals surface area (Å²) < 4.78 is 5.27. The van der Waals surface area contributed by atoms with Crippen molar-refractivity contribution in [2.45, 2.75) is 79.6 Å². The first kappa shape index (κ1) is 30.7. The van der Waals surface area contributed by atoms with Gasteiger partial charge in [-0.15, -0.1) is 11.8 Å². The lowest BCUT2D eigenvalue weighted by molar-refractivity contribution is 0.415. The Morgan fingerprint density at radius 3 is 2.46 bits per heavy atom. The molecular formula is C30H42N4OS2. The minimum absolute atomic E-state index is 0.620. The number of fused-ring (bicyclic) bond motifs is 1. The zero-order valence-electron chi connectivity index (χ0n) is 23.3. The molecule has 1 aromatic carbocycles. The molecule has 2 heterocycles. The Morgan fingerprint density at radius 2 is 1.84 bits per heavy atom. The Kier molecular flexibility index (Phi) is 13.6. The van der Waals surface area contributed by atoms with E-state index in [9.17, 15) is 5.26 Å². The number of nitriles is 1. The maximum atomic E-state index is 10.3. The highest BCUT2D eigenvalue weighted by molar-refractivity contribution is 8.02. The number of benzene rings is 1. The third-order valence-corrected chi connectivity index (χ3v) is 7.98. The molecular weight excluding hydrogens is 496 g/mol. The topological polar surface area (TPSA) is 75.2 Å². The van der Waals surface area contributed by atoms with Crippen LogP contribution in [0.15, 0.2) is 35.7 Å². The molecule has 0 aliphatic carbocycles. The number of hydrogen-bond donors (Lipinski definition) is 1. The van der Waals surface area contributed by atoms with Crippen molar-refractivity contribution in [3.63, 3.8) is 0 Å². The molecule has 0 fully saturated rings. The number of rotatable bonds is 13. The Bertz CT molecular complexity index is 1180. The number of aryl methyl sites for hydroxylation is 2. The quantitative estimate of drug-likeness (QED) is 0.133. The highest BCUT2D eigenvalue weighted by Gasteiger charge is 2.23. The molecule has 37 heavy (non-hydrogen) atoms. The van der Waals surface area contributed by atoms with Gasteiger partial charge in [-0.25, -0.2) is 10.8 Å². The number of allylic oxidation sites excluding steroid dienone is 1. The Labute approximate surface area is 231 Å². The van der Waals surface area contributed by atoms with Gasteiger partial charge in [0.15, 0.2) is 0 Å². The van der Waals surface area contributed by atoms with Crippen LogP contribution in [0.2, 0.25) is 0 Å². The highest BCUT2D eigenvalue weighted by atomic mass is 32.2. The van der Waals surface area contributed by atoms with Gasteiger partial charge in [0.1, 0.15) is 21.7 Å². The second kappa shape index (κ2) is 16.3. The molecule has 0 aliphatic rings. The van der Waals surface area contributed by atoms with Crippen molar-refractivity contribution in [1.82, 2.24) is 4.98 Å². The molecule has 0 unspecified atom stereocenters. The van der Waals surface area contributed by atoms with Crippen LogP contribution in [0.4, 0.5) is 10.7 Å². The summed E-state index contributed by atoms with van der Waals surface area (Å²) in [6, 6.07) is 10.0. The van der Waals surface area contributed by atoms with Gasteiger partial charge >= 0.3 is 0 Å². The van der Waals surface area contributed by atoms with Crippen molar-refractivity contribution >= 4 is 44.0 Å². The fraction of sp³-hybridized carbons (Fsp3) is 0.467. The van der Waals surface area contributed by atoms with Gasteiger partial charge in [-0.3, -0.25) is 5.01 Å². The van der Waals surface area contributed by atoms with Gasteiger partial charge in [0.2, 0.25) is 0 Å². The molecule has 0 radical (unpaired) electrons. The zero-order chi connectivity index (χ0) is 27.2. The maximum absolute atomic E-state index is 10.3. The highest BCUT2D eigenvalue weighted by Crippen LogP contribution is 2.42. The Balaban J connectivity index is 0.00000235. The predicted molar refractivity (Wildman–Crippen MR) is 163 cm³/mol. The molecule has 0 amide bonds. The van der Waals surface area contributed by atoms with E-state index in [4.69, 9.17) is 15.6 Å². The Hall–Kier alpha value is -2.53. The number of aromatic nitrogens is 1. The summed E-state index contributed by atoms with van der Waals surface area (Å²) in [5, 5.41) is 15.8. The van der Waals surface area contributed by atoms with Crippen LogP contribution in [-0.2, 0) is 12.8 Å². The number of nitrogens with zero attached hydrogens (tertiary/aromatic N) is 3. The van der Waals surface area contributed by atoms with Crippen LogP contribution in [0.1, 0.15) is 82.2 Å². The van der Waals surface area contributed by atoms with Crippen molar-refractivity contribution in [2.24, 2.45) is 5.84 Å². The fourth-order valence-corrected chi connectivity index (χ4v) is 6.06. The number of nitrogens with two attached hydrogens (primary N) is 1. The molecule has 2 aromatic heterocycles. The summed E-state index contributed by atoms with van der Waals surface area (Å²) in [6.07, 6.45) is 9.92. The average Bonchev–Trinajstić information content (AvgIpc) is 3.30. The first-order valence-corrected chi connectivity index (χ1v) is 15.2. The first-order valence-electron chi connectivity index (χ1n) is 13.4. The van der Waals surface area contributed by atoms with Gasteiger partial charge in [0, 0.05) is 16.8 Å². The van der Waals surface area contributed by atoms with Gasteiger partial charge < -0.3 is 4.74 Å². The van der Waals surface area contributed by atoms with Crippen molar-refractivity contribution < 1.29 is 4.74 Å².